The Bertz CT molecular complexity index is 1290. The van der Waals surface area contributed by atoms with Gasteiger partial charge in [0.2, 0.25) is 0 Å². The van der Waals surface area contributed by atoms with E-state index in [1.165, 1.54) is 32.1 Å². The fourth-order valence-electron chi connectivity index (χ4n) is 4.37. The van der Waals surface area contributed by atoms with Gasteiger partial charge in [-0.15, -0.1) is 0 Å². The molecule has 0 aliphatic heterocycles. The number of hydrogen-bond donors (Lipinski definition) is 1. The molecule has 6 aromatic rings. The Hall–Kier alpha value is -3.83. The number of pyridine rings is 2. The van der Waals surface area contributed by atoms with Crippen LogP contribution in [0.25, 0.3) is 0 Å². The fraction of sp³-hybridized carbons (Fsp3) is 0.0278. The van der Waals surface area contributed by atoms with Crippen LogP contribution in [0.2, 0.25) is 0 Å². The topological polar surface area (TPSA) is 63.1 Å². The molecule has 0 radical (unpaired) electrons. The molecule has 0 aliphatic carbocycles. The van der Waals surface area contributed by atoms with Crippen molar-refractivity contribution in [3.8, 4) is 0 Å². The first-order valence-corrected chi connectivity index (χ1v) is 16.6. The van der Waals surface area contributed by atoms with Crippen molar-refractivity contribution in [1.82, 2.24) is 9.97 Å². The molecule has 43 heavy (non-hydrogen) atoms. The van der Waals surface area contributed by atoms with Crippen LogP contribution in [-0.2, 0) is 25.2 Å². The van der Waals surface area contributed by atoms with E-state index in [2.05, 4.69) is 156 Å². The summed E-state index contributed by atoms with van der Waals surface area (Å²) in [6.07, 6.45) is 3.76. The Morgan fingerprint density at radius 1 is 0.465 bits per heavy atom. The largest absolute Gasteiger partial charge is 0.481 e. The van der Waals surface area contributed by atoms with Gasteiger partial charge in [0.05, 0.1) is 0 Å². The summed E-state index contributed by atoms with van der Waals surface area (Å²) < 4.78 is 0. The third-order valence-electron chi connectivity index (χ3n) is 6.09. The third-order valence-corrected chi connectivity index (χ3v) is 11.4. The van der Waals surface area contributed by atoms with Gasteiger partial charge in [0.1, 0.15) is 37.1 Å². The molecular formula is C36H34N2O2P2Pd+2. The molecule has 0 aliphatic rings. The minimum atomic E-state index is -0.988. The van der Waals surface area contributed by atoms with Crippen LogP contribution in [0.1, 0.15) is 6.92 Å². The molecule has 2 heterocycles. The smallest absolute Gasteiger partial charge is 0.300 e. The average Bonchev–Trinajstić information content (AvgIpc) is 3.05. The predicted molar refractivity (Wildman–Crippen MR) is 182 cm³/mol. The van der Waals surface area contributed by atoms with Gasteiger partial charge in [-0.3, -0.25) is 4.79 Å². The number of nitrogens with zero attached hydrogens (tertiary/aromatic N) is 2. The maximum absolute atomic E-state index is 9.00. The molecule has 7 heteroatoms. The second-order valence-electron chi connectivity index (χ2n) is 9.16. The SMILES string of the molecule is CC(=O)O.[Pd].c1ccc([PH+](c2ccccc2)c2ccccn2)cc1.c1ccc([PH+](c2ccccc2)c2ccccn2)cc1. The molecule has 218 valence electrons. The molecule has 0 fully saturated rings. The maximum atomic E-state index is 9.00. The number of benzene rings is 4. The molecule has 4 aromatic carbocycles. The monoisotopic (exact) mass is 694 g/mol. The zero-order valence-corrected chi connectivity index (χ0v) is 27.3. The van der Waals surface area contributed by atoms with E-state index in [1.807, 2.05) is 24.5 Å². The van der Waals surface area contributed by atoms with Gasteiger partial charge < -0.3 is 5.11 Å². The van der Waals surface area contributed by atoms with E-state index >= 15 is 0 Å². The number of aromatic nitrogens is 2. The van der Waals surface area contributed by atoms with Crippen LogP contribution in [-0.4, -0.2) is 21.0 Å². The van der Waals surface area contributed by atoms with E-state index in [0.717, 1.165) is 6.92 Å². The Kier molecular flexibility index (Phi) is 14.6. The number of hydrogen-bond acceptors (Lipinski definition) is 3. The summed E-state index contributed by atoms with van der Waals surface area (Å²) in [5.74, 6) is -0.833. The van der Waals surface area contributed by atoms with Gasteiger partial charge in [0, 0.05) is 51.9 Å². The van der Waals surface area contributed by atoms with Crippen molar-refractivity contribution in [1.29, 1.82) is 0 Å². The summed E-state index contributed by atoms with van der Waals surface area (Å²) in [7, 11) is -1.98. The second-order valence-corrected chi connectivity index (χ2v) is 14.0. The molecule has 0 bridgehead atoms. The number of rotatable bonds is 6. The van der Waals surface area contributed by atoms with E-state index < -0.39 is 21.8 Å². The molecular weight excluding hydrogens is 661 g/mol. The molecule has 0 atom stereocenters. The van der Waals surface area contributed by atoms with Crippen molar-refractivity contribution >= 4 is 53.9 Å². The van der Waals surface area contributed by atoms with E-state index in [1.54, 1.807) is 0 Å². The van der Waals surface area contributed by atoms with Crippen LogP contribution in [0.5, 0.6) is 0 Å². The Morgan fingerprint density at radius 3 is 0.907 bits per heavy atom. The van der Waals surface area contributed by atoms with Crippen molar-refractivity contribution in [3.63, 3.8) is 0 Å². The summed E-state index contributed by atoms with van der Waals surface area (Å²) in [5.41, 5.74) is 2.37. The van der Waals surface area contributed by atoms with Gasteiger partial charge >= 0.3 is 0 Å². The molecule has 0 unspecified atom stereocenters. The van der Waals surface area contributed by atoms with Crippen LogP contribution in [0.15, 0.2) is 170 Å². The first-order chi connectivity index (χ1) is 20.6. The van der Waals surface area contributed by atoms with E-state index in [-0.39, 0.29) is 20.4 Å². The van der Waals surface area contributed by atoms with Crippen molar-refractivity contribution in [2.24, 2.45) is 0 Å². The third kappa shape index (κ3) is 10.7. The van der Waals surface area contributed by atoms with Gasteiger partial charge in [-0.1, -0.05) is 84.9 Å². The molecule has 4 nitrogen and oxygen atoms in total. The van der Waals surface area contributed by atoms with Crippen molar-refractivity contribution in [2.45, 2.75) is 6.92 Å². The van der Waals surface area contributed by atoms with Crippen molar-refractivity contribution in [3.05, 3.63) is 170 Å². The molecule has 1 N–H and O–H groups in total. The minimum Gasteiger partial charge on any atom is -0.481 e. The first kappa shape index (κ1) is 33.7. The van der Waals surface area contributed by atoms with Crippen molar-refractivity contribution < 1.29 is 30.3 Å². The number of carboxylic acid groups (broad SMARTS) is 1. The van der Waals surface area contributed by atoms with Crippen LogP contribution >= 0.6 is 15.8 Å². The van der Waals surface area contributed by atoms with Gasteiger partial charge in [-0.05, 0) is 60.7 Å². The summed E-state index contributed by atoms with van der Waals surface area (Å²) in [4.78, 5) is 18.2. The molecule has 0 amide bonds. The van der Waals surface area contributed by atoms with E-state index in [0.29, 0.717) is 0 Å². The zero-order valence-electron chi connectivity index (χ0n) is 23.7. The molecule has 6 rings (SSSR count). The van der Waals surface area contributed by atoms with Crippen LogP contribution < -0.4 is 32.1 Å². The number of aliphatic carboxylic acids is 1. The van der Waals surface area contributed by atoms with E-state index in [9.17, 15) is 0 Å². The summed E-state index contributed by atoms with van der Waals surface area (Å²) in [6, 6.07) is 55.1. The zero-order chi connectivity index (χ0) is 29.4. The quantitative estimate of drug-likeness (QED) is 0.192. The summed E-state index contributed by atoms with van der Waals surface area (Å²) >= 11 is 0. The van der Waals surface area contributed by atoms with Crippen LogP contribution in [0.4, 0.5) is 0 Å². The average molecular weight is 695 g/mol. The molecule has 0 saturated heterocycles. The molecule has 2 aromatic heterocycles. The Labute approximate surface area is 270 Å². The number of carboxylic acids is 1. The number of carbonyl (C=O) groups is 1. The van der Waals surface area contributed by atoms with Gasteiger partial charge in [0.25, 0.3) is 5.97 Å². The first-order valence-electron chi connectivity index (χ1n) is 13.6. The minimum absolute atomic E-state index is 0. The van der Waals surface area contributed by atoms with Crippen LogP contribution in [0.3, 0.4) is 0 Å². The van der Waals surface area contributed by atoms with Gasteiger partial charge in [-0.25, -0.2) is 9.97 Å². The second kappa shape index (κ2) is 18.7. The van der Waals surface area contributed by atoms with E-state index in [4.69, 9.17) is 9.90 Å². The molecule has 0 spiro atoms. The normalized spacial score (nSPS) is 9.93. The van der Waals surface area contributed by atoms with Gasteiger partial charge in [0.15, 0.2) is 10.9 Å². The Morgan fingerprint density at radius 2 is 0.698 bits per heavy atom. The summed E-state index contributed by atoms with van der Waals surface area (Å²) in [5, 5.41) is 12.9. The van der Waals surface area contributed by atoms with Crippen LogP contribution in [0, 0.1) is 0 Å². The maximum Gasteiger partial charge on any atom is 0.300 e. The summed E-state index contributed by atoms with van der Waals surface area (Å²) in [6.45, 7) is 1.08. The Balaban J connectivity index is 0.000000206. The predicted octanol–water partition coefficient (Wildman–Crippen LogP) is 5.23. The van der Waals surface area contributed by atoms with Crippen molar-refractivity contribution in [2.75, 3.05) is 0 Å². The standard InChI is InChI=1S/2C17H14NP.C2H4O2.Pd/c2*1-3-9-15(10-4-1)19(16-11-5-2-6-12-16)17-13-7-8-14-18-17;1-2(3)4;/h2*1-14H;1H3,(H,3,4);/p+2. The fourth-order valence-corrected chi connectivity index (χ4v) is 9.25. The molecule has 0 saturated carbocycles. The van der Waals surface area contributed by atoms with Gasteiger partial charge in [-0.2, -0.15) is 0 Å².